The second kappa shape index (κ2) is 6.64. The van der Waals surface area contributed by atoms with Gasteiger partial charge in [-0.25, -0.2) is 0 Å². The van der Waals surface area contributed by atoms with Crippen molar-refractivity contribution >= 4 is 0 Å². The van der Waals surface area contributed by atoms with Crippen LogP contribution in [0.4, 0.5) is 0 Å². The van der Waals surface area contributed by atoms with E-state index in [9.17, 15) is 0 Å². The van der Waals surface area contributed by atoms with Gasteiger partial charge in [-0.2, -0.15) is 0 Å². The lowest BCUT2D eigenvalue weighted by Crippen LogP contribution is -2.39. The average molecular weight is 223 g/mol. The molecule has 16 heavy (non-hydrogen) atoms. The van der Waals surface area contributed by atoms with Crippen molar-refractivity contribution < 1.29 is 0 Å². The second-order valence-electron chi connectivity index (χ2n) is 5.98. The SMILES string of the molecule is CCCCCNC1CCC2CCCCC2C1. The molecule has 2 fully saturated rings. The summed E-state index contributed by atoms with van der Waals surface area (Å²) in [4.78, 5) is 0. The zero-order valence-electron chi connectivity index (χ0n) is 11.0. The second-order valence-corrected chi connectivity index (χ2v) is 5.98. The molecule has 0 saturated heterocycles. The van der Waals surface area contributed by atoms with Crippen LogP contribution in [0.5, 0.6) is 0 Å². The molecule has 2 rings (SSSR count). The predicted octanol–water partition coefficient (Wildman–Crippen LogP) is 4.13. The van der Waals surface area contributed by atoms with Gasteiger partial charge in [-0.15, -0.1) is 0 Å². The van der Waals surface area contributed by atoms with Crippen molar-refractivity contribution in [3.8, 4) is 0 Å². The Balaban J connectivity index is 1.65. The van der Waals surface area contributed by atoms with Gasteiger partial charge in [-0.05, 0) is 44.1 Å². The highest BCUT2D eigenvalue weighted by atomic mass is 14.9. The number of rotatable bonds is 5. The van der Waals surface area contributed by atoms with Crippen LogP contribution < -0.4 is 5.32 Å². The van der Waals surface area contributed by atoms with Crippen molar-refractivity contribution in [1.82, 2.24) is 5.32 Å². The number of nitrogens with one attached hydrogen (secondary N) is 1. The van der Waals surface area contributed by atoms with Crippen molar-refractivity contribution in [1.29, 1.82) is 0 Å². The molecule has 2 saturated carbocycles. The summed E-state index contributed by atoms with van der Waals surface area (Å²) in [5.74, 6) is 2.17. The van der Waals surface area contributed by atoms with Crippen molar-refractivity contribution in [3.05, 3.63) is 0 Å². The van der Waals surface area contributed by atoms with E-state index in [1.807, 2.05) is 0 Å². The van der Waals surface area contributed by atoms with E-state index in [1.165, 1.54) is 70.8 Å². The highest BCUT2D eigenvalue weighted by Gasteiger charge is 2.31. The number of unbranched alkanes of at least 4 members (excludes halogenated alkanes) is 2. The molecule has 0 aromatic rings. The molecule has 0 heterocycles. The van der Waals surface area contributed by atoms with Gasteiger partial charge in [0.2, 0.25) is 0 Å². The van der Waals surface area contributed by atoms with Crippen LogP contribution in [0, 0.1) is 11.8 Å². The Morgan fingerprint density at radius 1 is 0.938 bits per heavy atom. The third-order valence-electron chi connectivity index (χ3n) is 4.75. The zero-order valence-corrected chi connectivity index (χ0v) is 11.0. The standard InChI is InChI=1S/C15H29N/c1-2-3-6-11-16-15-10-9-13-7-4-5-8-14(13)12-15/h13-16H,2-12H2,1H3. The lowest BCUT2D eigenvalue weighted by molar-refractivity contribution is 0.144. The maximum absolute atomic E-state index is 3.79. The maximum atomic E-state index is 3.79. The molecule has 0 amide bonds. The van der Waals surface area contributed by atoms with E-state index in [2.05, 4.69) is 12.2 Å². The van der Waals surface area contributed by atoms with Crippen LogP contribution in [-0.4, -0.2) is 12.6 Å². The minimum absolute atomic E-state index is 0.858. The molecule has 1 N–H and O–H groups in total. The zero-order chi connectivity index (χ0) is 11.2. The number of hydrogen-bond donors (Lipinski definition) is 1. The van der Waals surface area contributed by atoms with Crippen molar-refractivity contribution in [2.24, 2.45) is 11.8 Å². The fraction of sp³-hybridized carbons (Fsp3) is 1.00. The lowest BCUT2D eigenvalue weighted by atomic mass is 9.69. The molecule has 3 unspecified atom stereocenters. The predicted molar refractivity (Wildman–Crippen MR) is 70.6 cm³/mol. The quantitative estimate of drug-likeness (QED) is 0.691. The molecule has 2 aliphatic carbocycles. The Hall–Kier alpha value is -0.0400. The molecule has 0 radical (unpaired) electrons. The van der Waals surface area contributed by atoms with Crippen LogP contribution in [0.15, 0.2) is 0 Å². The van der Waals surface area contributed by atoms with E-state index in [0.29, 0.717) is 0 Å². The van der Waals surface area contributed by atoms with Gasteiger partial charge < -0.3 is 5.32 Å². The van der Waals surface area contributed by atoms with E-state index >= 15 is 0 Å². The van der Waals surface area contributed by atoms with Gasteiger partial charge in [0.1, 0.15) is 0 Å². The number of fused-ring (bicyclic) bond motifs is 1. The molecular formula is C15H29N. The smallest absolute Gasteiger partial charge is 0.00699 e. The Bertz CT molecular complexity index is 190. The van der Waals surface area contributed by atoms with E-state index in [1.54, 1.807) is 0 Å². The molecule has 94 valence electrons. The van der Waals surface area contributed by atoms with Gasteiger partial charge in [0.25, 0.3) is 0 Å². The normalized spacial score (nSPS) is 34.7. The molecule has 1 heteroatoms. The minimum atomic E-state index is 0.858. The third-order valence-corrected chi connectivity index (χ3v) is 4.75. The molecule has 3 atom stereocenters. The fourth-order valence-corrected chi connectivity index (χ4v) is 3.74. The highest BCUT2D eigenvalue weighted by Crippen LogP contribution is 2.40. The van der Waals surface area contributed by atoms with Gasteiger partial charge in [0.15, 0.2) is 0 Å². The van der Waals surface area contributed by atoms with Crippen molar-refractivity contribution in [3.63, 3.8) is 0 Å². The molecule has 0 aromatic carbocycles. The van der Waals surface area contributed by atoms with Crippen molar-refractivity contribution in [2.45, 2.75) is 77.2 Å². The Labute approximate surface area is 101 Å². The lowest BCUT2D eigenvalue weighted by Gasteiger charge is -2.39. The highest BCUT2D eigenvalue weighted by molar-refractivity contribution is 4.86. The molecule has 0 bridgehead atoms. The van der Waals surface area contributed by atoms with Crippen LogP contribution in [0.25, 0.3) is 0 Å². The summed E-state index contributed by atoms with van der Waals surface area (Å²) < 4.78 is 0. The monoisotopic (exact) mass is 223 g/mol. The van der Waals surface area contributed by atoms with Crippen LogP contribution in [0.1, 0.15) is 71.1 Å². The summed E-state index contributed by atoms with van der Waals surface area (Å²) in [5.41, 5.74) is 0. The molecular weight excluding hydrogens is 194 g/mol. The largest absolute Gasteiger partial charge is 0.314 e. The fourth-order valence-electron chi connectivity index (χ4n) is 3.74. The molecule has 1 nitrogen and oxygen atoms in total. The molecule has 2 aliphatic rings. The first-order chi connectivity index (χ1) is 7.90. The van der Waals surface area contributed by atoms with Crippen LogP contribution >= 0.6 is 0 Å². The van der Waals surface area contributed by atoms with Gasteiger partial charge in [-0.3, -0.25) is 0 Å². The van der Waals surface area contributed by atoms with Gasteiger partial charge in [-0.1, -0.05) is 45.4 Å². The first-order valence-electron chi connectivity index (χ1n) is 7.63. The average Bonchev–Trinajstić information content (AvgIpc) is 2.34. The van der Waals surface area contributed by atoms with E-state index in [4.69, 9.17) is 0 Å². The van der Waals surface area contributed by atoms with Gasteiger partial charge >= 0.3 is 0 Å². The van der Waals surface area contributed by atoms with Gasteiger partial charge in [0.05, 0.1) is 0 Å². The first-order valence-corrected chi connectivity index (χ1v) is 7.63. The summed E-state index contributed by atoms with van der Waals surface area (Å²) in [6.07, 6.45) is 14.6. The van der Waals surface area contributed by atoms with Gasteiger partial charge in [0, 0.05) is 6.04 Å². The van der Waals surface area contributed by atoms with E-state index in [0.717, 1.165) is 17.9 Å². The Morgan fingerprint density at radius 2 is 1.75 bits per heavy atom. The summed E-state index contributed by atoms with van der Waals surface area (Å²) in [5, 5.41) is 3.79. The summed E-state index contributed by atoms with van der Waals surface area (Å²) in [6, 6.07) is 0.858. The maximum Gasteiger partial charge on any atom is 0.00699 e. The summed E-state index contributed by atoms with van der Waals surface area (Å²) in [7, 11) is 0. The Kier molecular flexibility index (Phi) is 5.15. The first kappa shape index (κ1) is 12.4. The van der Waals surface area contributed by atoms with E-state index in [-0.39, 0.29) is 0 Å². The molecule has 0 spiro atoms. The minimum Gasteiger partial charge on any atom is -0.314 e. The summed E-state index contributed by atoms with van der Waals surface area (Å²) in [6.45, 7) is 3.54. The van der Waals surface area contributed by atoms with Crippen LogP contribution in [0.3, 0.4) is 0 Å². The summed E-state index contributed by atoms with van der Waals surface area (Å²) >= 11 is 0. The number of hydrogen-bond acceptors (Lipinski definition) is 1. The topological polar surface area (TPSA) is 12.0 Å². The third kappa shape index (κ3) is 3.48. The molecule has 0 aromatic heterocycles. The van der Waals surface area contributed by atoms with Crippen LogP contribution in [-0.2, 0) is 0 Å². The molecule has 0 aliphatic heterocycles. The Morgan fingerprint density at radius 3 is 2.56 bits per heavy atom. The van der Waals surface area contributed by atoms with E-state index < -0.39 is 0 Å². The van der Waals surface area contributed by atoms with Crippen LogP contribution in [0.2, 0.25) is 0 Å². The van der Waals surface area contributed by atoms with Crippen molar-refractivity contribution in [2.75, 3.05) is 6.54 Å².